The molecule has 3 N–H and O–H groups in total. The minimum Gasteiger partial charge on any atom is -0.370 e. The second kappa shape index (κ2) is 6.19. The quantitative estimate of drug-likeness (QED) is 0.714. The van der Waals surface area contributed by atoms with Crippen LogP contribution < -0.4 is 15.4 Å². The van der Waals surface area contributed by atoms with Gasteiger partial charge in [0.2, 0.25) is 15.9 Å². The number of carbonyl (C=O) groups is 1. The Balaban J connectivity index is 2.11. The van der Waals surface area contributed by atoms with E-state index in [1.165, 1.54) is 12.3 Å². The highest BCUT2D eigenvalue weighted by Crippen LogP contribution is 2.13. The molecule has 0 aromatic carbocycles. The predicted molar refractivity (Wildman–Crippen MR) is 74.8 cm³/mol. The second-order valence-corrected chi connectivity index (χ2v) is 6.23. The molecule has 1 fully saturated rings. The highest BCUT2D eigenvalue weighted by atomic mass is 32.2. The Morgan fingerprint density at radius 3 is 2.85 bits per heavy atom. The molecule has 20 heavy (non-hydrogen) atoms. The Kier molecular flexibility index (Phi) is 4.56. The van der Waals surface area contributed by atoms with E-state index in [0.29, 0.717) is 25.3 Å². The van der Waals surface area contributed by atoms with Crippen LogP contribution in [0, 0.1) is 0 Å². The molecule has 1 aromatic heterocycles. The number of rotatable bonds is 5. The van der Waals surface area contributed by atoms with Gasteiger partial charge in [0.15, 0.2) is 0 Å². The number of amides is 1. The van der Waals surface area contributed by atoms with Crippen LogP contribution in [0.3, 0.4) is 0 Å². The number of hydrogen-bond acceptors (Lipinski definition) is 5. The van der Waals surface area contributed by atoms with Crippen molar-refractivity contribution in [3.63, 3.8) is 0 Å². The van der Waals surface area contributed by atoms with Gasteiger partial charge in [-0.05, 0) is 31.9 Å². The maximum absolute atomic E-state index is 12.2. The summed E-state index contributed by atoms with van der Waals surface area (Å²) in [5.74, 6) is 0.332. The van der Waals surface area contributed by atoms with E-state index in [2.05, 4.69) is 20.3 Å². The van der Waals surface area contributed by atoms with Gasteiger partial charge in [-0.1, -0.05) is 0 Å². The number of nitrogens with one attached hydrogen (secondary N) is 3. The average molecular weight is 298 g/mol. The van der Waals surface area contributed by atoms with Crippen molar-refractivity contribution in [2.45, 2.75) is 30.7 Å². The maximum Gasteiger partial charge on any atom is 0.242 e. The molecule has 0 saturated carbocycles. The summed E-state index contributed by atoms with van der Waals surface area (Å²) in [6, 6.07) is 2.36. The van der Waals surface area contributed by atoms with E-state index in [9.17, 15) is 13.2 Å². The van der Waals surface area contributed by atoms with Crippen molar-refractivity contribution in [2.75, 3.05) is 18.4 Å². The molecule has 1 amide bonds. The van der Waals surface area contributed by atoms with Gasteiger partial charge in [-0.3, -0.25) is 4.79 Å². The lowest BCUT2D eigenvalue weighted by atomic mass is 10.1. The van der Waals surface area contributed by atoms with Gasteiger partial charge in [-0.15, -0.1) is 0 Å². The van der Waals surface area contributed by atoms with Crippen molar-refractivity contribution in [1.82, 2.24) is 15.0 Å². The van der Waals surface area contributed by atoms with E-state index in [-0.39, 0.29) is 10.8 Å². The normalized spacial score (nSPS) is 19.4. The Bertz CT molecular complexity index is 571. The number of piperidine rings is 1. The number of sulfonamides is 1. The van der Waals surface area contributed by atoms with Gasteiger partial charge in [-0.2, -0.15) is 4.72 Å². The average Bonchev–Trinajstić information content (AvgIpc) is 2.42. The molecule has 1 aliphatic heterocycles. The first-order valence-electron chi connectivity index (χ1n) is 6.53. The van der Waals surface area contributed by atoms with Crippen molar-refractivity contribution in [2.24, 2.45) is 0 Å². The summed E-state index contributed by atoms with van der Waals surface area (Å²) in [5.41, 5.74) is 0. The number of anilines is 1. The minimum absolute atomic E-state index is 0.0533. The number of aromatic nitrogens is 1. The summed E-state index contributed by atoms with van der Waals surface area (Å²) in [7, 11) is -3.73. The Labute approximate surface area is 118 Å². The van der Waals surface area contributed by atoms with Gasteiger partial charge in [-0.25, -0.2) is 13.4 Å². The van der Waals surface area contributed by atoms with Crippen LogP contribution in [0.5, 0.6) is 0 Å². The largest absolute Gasteiger partial charge is 0.370 e. The molecule has 1 aromatic rings. The standard InChI is InChI=1S/C12H18N4O3S/c1-2-13-11-6-5-9(8-15-11)20(18,19)16-10-4-3-7-14-12(10)17/h5-6,8,10,16H,2-4,7H2,1H3,(H,13,15)(H,14,17). The summed E-state index contributed by atoms with van der Waals surface area (Å²) in [5, 5.41) is 5.62. The first kappa shape index (κ1) is 14.7. The van der Waals surface area contributed by atoms with Crippen LogP contribution in [0.1, 0.15) is 19.8 Å². The molecular formula is C12H18N4O3S. The molecule has 8 heteroatoms. The molecular weight excluding hydrogens is 280 g/mol. The first-order valence-corrected chi connectivity index (χ1v) is 8.01. The molecule has 2 rings (SSSR count). The highest BCUT2D eigenvalue weighted by Gasteiger charge is 2.27. The fourth-order valence-electron chi connectivity index (χ4n) is 1.96. The Hall–Kier alpha value is -1.67. The van der Waals surface area contributed by atoms with Crippen LogP contribution in [0.2, 0.25) is 0 Å². The molecule has 110 valence electrons. The fourth-order valence-corrected chi connectivity index (χ4v) is 3.14. The molecule has 0 spiro atoms. The lowest BCUT2D eigenvalue weighted by Gasteiger charge is -2.22. The van der Waals surface area contributed by atoms with E-state index in [1.54, 1.807) is 6.07 Å². The highest BCUT2D eigenvalue weighted by molar-refractivity contribution is 7.89. The van der Waals surface area contributed by atoms with Crippen LogP contribution >= 0.6 is 0 Å². The summed E-state index contributed by atoms with van der Waals surface area (Å²) in [6.07, 6.45) is 2.55. The molecule has 1 aliphatic rings. The van der Waals surface area contributed by atoms with E-state index in [4.69, 9.17) is 0 Å². The Morgan fingerprint density at radius 1 is 1.45 bits per heavy atom. The minimum atomic E-state index is -3.73. The molecule has 1 saturated heterocycles. The van der Waals surface area contributed by atoms with E-state index >= 15 is 0 Å². The van der Waals surface area contributed by atoms with E-state index < -0.39 is 16.1 Å². The van der Waals surface area contributed by atoms with Crippen molar-refractivity contribution in [3.05, 3.63) is 18.3 Å². The second-order valence-electron chi connectivity index (χ2n) is 4.52. The van der Waals surface area contributed by atoms with Gasteiger partial charge in [0.1, 0.15) is 16.8 Å². The van der Waals surface area contributed by atoms with Crippen molar-refractivity contribution < 1.29 is 13.2 Å². The van der Waals surface area contributed by atoms with Crippen molar-refractivity contribution in [1.29, 1.82) is 0 Å². The molecule has 7 nitrogen and oxygen atoms in total. The van der Waals surface area contributed by atoms with Crippen LogP contribution in [0.4, 0.5) is 5.82 Å². The molecule has 2 heterocycles. The van der Waals surface area contributed by atoms with Gasteiger partial charge >= 0.3 is 0 Å². The number of hydrogen-bond donors (Lipinski definition) is 3. The smallest absolute Gasteiger partial charge is 0.242 e. The summed E-state index contributed by atoms with van der Waals surface area (Å²) in [4.78, 5) is 15.6. The number of nitrogens with zero attached hydrogens (tertiary/aromatic N) is 1. The fraction of sp³-hybridized carbons (Fsp3) is 0.500. The topological polar surface area (TPSA) is 100 Å². The maximum atomic E-state index is 12.2. The molecule has 0 aliphatic carbocycles. The van der Waals surface area contributed by atoms with Crippen molar-refractivity contribution >= 4 is 21.7 Å². The number of carbonyl (C=O) groups excluding carboxylic acids is 1. The zero-order valence-electron chi connectivity index (χ0n) is 11.2. The third-order valence-corrected chi connectivity index (χ3v) is 4.44. The van der Waals surface area contributed by atoms with Crippen molar-refractivity contribution in [3.8, 4) is 0 Å². The van der Waals surface area contributed by atoms with Crippen LogP contribution in [-0.4, -0.2) is 38.4 Å². The SMILES string of the molecule is CCNc1ccc(S(=O)(=O)NC2CCCNC2=O)cn1. The zero-order chi connectivity index (χ0) is 14.6. The molecule has 0 bridgehead atoms. The Morgan fingerprint density at radius 2 is 2.25 bits per heavy atom. The zero-order valence-corrected chi connectivity index (χ0v) is 12.0. The van der Waals surface area contributed by atoms with E-state index in [0.717, 1.165) is 6.42 Å². The molecule has 1 unspecified atom stereocenters. The lowest BCUT2D eigenvalue weighted by Crippen LogP contribution is -2.50. The van der Waals surface area contributed by atoms with Crippen LogP contribution in [-0.2, 0) is 14.8 Å². The third kappa shape index (κ3) is 3.45. The molecule has 0 radical (unpaired) electrons. The summed E-state index contributed by atoms with van der Waals surface area (Å²) < 4.78 is 26.7. The summed E-state index contributed by atoms with van der Waals surface area (Å²) in [6.45, 7) is 3.23. The lowest BCUT2D eigenvalue weighted by molar-refractivity contribution is -0.124. The third-order valence-electron chi connectivity index (χ3n) is 2.99. The van der Waals surface area contributed by atoms with Crippen LogP contribution in [0.25, 0.3) is 0 Å². The summed E-state index contributed by atoms with van der Waals surface area (Å²) >= 11 is 0. The van der Waals surface area contributed by atoms with Gasteiger partial charge in [0.25, 0.3) is 0 Å². The molecule has 1 atom stereocenters. The predicted octanol–water partition coefficient (Wildman–Crippen LogP) is 0.0703. The van der Waals surface area contributed by atoms with Gasteiger partial charge < -0.3 is 10.6 Å². The van der Waals surface area contributed by atoms with Gasteiger partial charge in [0.05, 0.1) is 0 Å². The number of pyridine rings is 1. The van der Waals surface area contributed by atoms with Crippen LogP contribution in [0.15, 0.2) is 23.2 Å². The van der Waals surface area contributed by atoms with E-state index in [1.807, 2.05) is 6.92 Å². The first-order chi connectivity index (χ1) is 9.53. The van der Waals surface area contributed by atoms with Gasteiger partial charge in [0, 0.05) is 19.3 Å². The monoisotopic (exact) mass is 298 g/mol.